The van der Waals surface area contributed by atoms with Crippen molar-refractivity contribution in [1.29, 1.82) is 0 Å². The van der Waals surface area contributed by atoms with Gasteiger partial charge in [-0.2, -0.15) is 0 Å². The molecule has 0 radical (unpaired) electrons. The highest BCUT2D eigenvalue weighted by Gasteiger charge is 2.17. The average Bonchev–Trinajstić information content (AvgIpc) is 2.57. The Balaban J connectivity index is 2.26. The molecule has 0 unspecified atom stereocenters. The highest BCUT2D eigenvalue weighted by Crippen LogP contribution is 2.28. The summed E-state index contributed by atoms with van der Waals surface area (Å²) in [6.07, 6.45) is 6.22. The van der Waals surface area contributed by atoms with Gasteiger partial charge in [0.25, 0.3) is 0 Å². The van der Waals surface area contributed by atoms with E-state index < -0.39 is 0 Å². The van der Waals surface area contributed by atoms with Crippen molar-refractivity contribution in [2.75, 3.05) is 6.54 Å². The van der Waals surface area contributed by atoms with E-state index in [-0.39, 0.29) is 0 Å². The van der Waals surface area contributed by atoms with Crippen LogP contribution in [0, 0.1) is 0 Å². The zero-order valence-corrected chi connectivity index (χ0v) is 8.34. The summed E-state index contributed by atoms with van der Waals surface area (Å²) < 4.78 is 1.12. The highest BCUT2D eigenvalue weighted by atomic mass is 79.9. The van der Waals surface area contributed by atoms with Gasteiger partial charge in [0.1, 0.15) is 0 Å². The molecule has 1 fully saturated rings. The minimum absolute atomic E-state index is 0.530. The number of nitrogens with one attached hydrogen (secondary N) is 1. The maximum Gasteiger partial charge on any atom is 0.0413 e. The van der Waals surface area contributed by atoms with Gasteiger partial charge in [0.2, 0.25) is 0 Å². The first-order valence-corrected chi connectivity index (χ1v) is 5.00. The molecule has 0 bridgehead atoms. The van der Waals surface area contributed by atoms with Crippen molar-refractivity contribution in [3.8, 4) is 0 Å². The van der Waals surface area contributed by atoms with Gasteiger partial charge in [-0.05, 0) is 46.9 Å². The van der Waals surface area contributed by atoms with Crippen LogP contribution in [0.15, 0.2) is 22.9 Å². The lowest BCUT2D eigenvalue weighted by atomic mass is 10.1. The summed E-state index contributed by atoms with van der Waals surface area (Å²) >= 11 is 3.50. The quantitative estimate of drug-likeness (QED) is 0.795. The van der Waals surface area contributed by atoms with Crippen molar-refractivity contribution >= 4 is 15.9 Å². The molecular weight excluding hydrogens is 216 g/mol. The van der Waals surface area contributed by atoms with Crippen molar-refractivity contribution in [3.63, 3.8) is 0 Å². The molecule has 1 N–H and O–H groups in total. The molecule has 2 heterocycles. The summed E-state index contributed by atoms with van der Waals surface area (Å²) in [5.74, 6) is 0. The molecule has 1 aromatic rings. The molecule has 2 rings (SSSR count). The summed E-state index contributed by atoms with van der Waals surface area (Å²) in [7, 11) is 0. The third kappa shape index (κ3) is 1.52. The Hall–Kier alpha value is -0.410. The second-order valence-electron chi connectivity index (χ2n) is 3.05. The number of hydrogen-bond acceptors (Lipinski definition) is 2. The summed E-state index contributed by atoms with van der Waals surface area (Å²) in [5, 5.41) is 3.46. The van der Waals surface area contributed by atoms with E-state index in [1.807, 2.05) is 12.4 Å². The zero-order chi connectivity index (χ0) is 8.39. The molecule has 1 aromatic heterocycles. The lowest BCUT2D eigenvalue weighted by Gasteiger charge is -2.11. The number of rotatable bonds is 1. The fraction of sp³-hybridized carbons (Fsp3) is 0.444. The van der Waals surface area contributed by atoms with Crippen LogP contribution in [0.5, 0.6) is 0 Å². The van der Waals surface area contributed by atoms with E-state index in [2.05, 4.69) is 32.3 Å². The maximum absolute atomic E-state index is 4.04. The van der Waals surface area contributed by atoms with Crippen molar-refractivity contribution in [2.24, 2.45) is 0 Å². The third-order valence-corrected chi connectivity index (χ3v) is 2.90. The number of aromatic nitrogens is 1. The predicted molar refractivity (Wildman–Crippen MR) is 51.9 cm³/mol. The molecule has 1 aliphatic heterocycles. The van der Waals surface area contributed by atoms with E-state index in [0.717, 1.165) is 11.0 Å². The molecule has 0 aromatic carbocycles. The first-order chi connectivity index (χ1) is 5.88. The molecule has 0 spiro atoms. The first kappa shape index (κ1) is 8.20. The van der Waals surface area contributed by atoms with Gasteiger partial charge in [0.05, 0.1) is 0 Å². The van der Waals surface area contributed by atoms with Crippen LogP contribution in [0.1, 0.15) is 24.4 Å². The van der Waals surface area contributed by atoms with Crippen LogP contribution in [-0.4, -0.2) is 11.5 Å². The van der Waals surface area contributed by atoms with E-state index in [9.17, 15) is 0 Å². The molecule has 1 aliphatic rings. The maximum atomic E-state index is 4.04. The Morgan fingerprint density at radius 1 is 1.58 bits per heavy atom. The smallest absolute Gasteiger partial charge is 0.0413 e. The van der Waals surface area contributed by atoms with Gasteiger partial charge in [-0.3, -0.25) is 4.98 Å². The lowest BCUT2D eigenvalue weighted by molar-refractivity contribution is 0.644. The van der Waals surface area contributed by atoms with Crippen molar-refractivity contribution in [1.82, 2.24) is 10.3 Å². The summed E-state index contributed by atoms with van der Waals surface area (Å²) in [6, 6.07) is 2.61. The van der Waals surface area contributed by atoms with Crippen molar-refractivity contribution in [3.05, 3.63) is 28.5 Å². The lowest BCUT2D eigenvalue weighted by Crippen LogP contribution is -2.13. The fourth-order valence-electron chi connectivity index (χ4n) is 1.62. The van der Waals surface area contributed by atoms with E-state index >= 15 is 0 Å². The van der Waals surface area contributed by atoms with Crippen LogP contribution in [0.25, 0.3) is 0 Å². The van der Waals surface area contributed by atoms with Crippen LogP contribution >= 0.6 is 15.9 Å². The number of nitrogens with zero attached hydrogens (tertiary/aromatic N) is 1. The monoisotopic (exact) mass is 226 g/mol. The molecule has 0 saturated carbocycles. The first-order valence-electron chi connectivity index (χ1n) is 4.21. The largest absolute Gasteiger partial charge is 0.310 e. The fourth-order valence-corrected chi connectivity index (χ4v) is 2.15. The van der Waals surface area contributed by atoms with Gasteiger partial charge >= 0.3 is 0 Å². The van der Waals surface area contributed by atoms with Gasteiger partial charge in [-0.1, -0.05) is 0 Å². The molecule has 3 heteroatoms. The van der Waals surface area contributed by atoms with Gasteiger partial charge in [0.15, 0.2) is 0 Å². The molecule has 2 nitrogen and oxygen atoms in total. The SMILES string of the molecule is Brc1cnccc1[C@H]1CCCN1. The average molecular weight is 227 g/mol. The Bertz CT molecular complexity index is 269. The molecule has 0 amide bonds. The minimum atomic E-state index is 0.530. The van der Waals surface area contributed by atoms with Crippen LogP contribution in [-0.2, 0) is 0 Å². The van der Waals surface area contributed by atoms with Gasteiger partial charge in [-0.25, -0.2) is 0 Å². The second kappa shape index (κ2) is 3.54. The molecule has 1 atom stereocenters. The van der Waals surface area contributed by atoms with Crippen LogP contribution < -0.4 is 5.32 Å². The van der Waals surface area contributed by atoms with E-state index in [4.69, 9.17) is 0 Å². The standard InChI is InChI=1S/C9H11BrN2/c10-8-6-11-5-3-7(8)9-2-1-4-12-9/h3,5-6,9,12H,1-2,4H2/t9-/m1/s1. The predicted octanol–water partition coefficient (Wildman–Crippen LogP) is 2.27. The Labute approximate surface area is 80.5 Å². The van der Waals surface area contributed by atoms with Crippen LogP contribution in [0.3, 0.4) is 0 Å². The molecule has 12 heavy (non-hydrogen) atoms. The molecule has 64 valence electrons. The van der Waals surface area contributed by atoms with Gasteiger partial charge in [0, 0.05) is 22.9 Å². The number of pyridine rings is 1. The van der Waals surface area contributed by atoms with Gasteiger partial charge < -0.3 is 5.32 Å². The Kier molecular flexibility index (Phi) is 2.42. The number of halogens is 1. The minimum Gasteiger partial charge on any atom is -0.310 e. The van der Waals surface area contributed by atoms with Crippen molar-refractivity contribution in [2.45, 2.75) is 18.9 Å². The third-order valence-electron chi connectivity index (χ3n) is 2.24. The second-order valence-corrected chi connectivity index (χ2v) is 3.90. The van der Waals surface area contributed by atoms with E-state index in [1.165, 1.54) is 18.4 Å². The molecule has 1 saturated heterocycles. The normalized spacial score (nSPS) is 22.9. The summed E-state index contributed by atoms with van der Waals surface area (Å²) in [6.45, 7) is 1.14. The van der Waals surface area contributed by atoms with Crippen LogP contribution in [0.4, 0.5) is 0 Å². The van der Waals surface area contributed by atoms with E-state index in [1.54, 1.807) is 0 Å². The highest BCUT2D eigenvalue weighted by molar-refractivity contribution is 9.10. The molecular formula is C9H11BrN2. The molecule has 0 aliphatic carbocycles. The van der Waals surface area contributed by atoms with E-state index in [0.29, 0.717) is 6.04 Å². The Morgan fingerprint density at radius 2 is 2.50 bits per heavy atom. The van der Waals surface area contributed by atoms with Crippen molar-refractivity contribution < 1.29 is 0 Å². The Morgan fingerprint density at radius 3 is 3.17 bits per heavy atom. The van der Waals surface area contributed by atoms with Crippen LogP contribution in [0.2, 0.25) is 0 Å². The van der Waals surface area contributed by atoms with Gasteiger partial charge in [-0.15, -0.1) is 0 Å². The summed E-state index contributed by atoms with van der Waals surface area (Å²) in [5.41, 5.74) is 1.34. The summed E-state index contributed by atoms with van der Waals surface area (Å²) in [4.78, 5) is 4.04. The number of hydrogen-bond donors (Lipinski definition) is 1. The topological polar surface area (TPSA) is 24.9 Å². The zero-order valence-electron chi connectivity index (χ0n) is 6.76.